The van der Waals surface area contributed by atoms with Crippen LogP contribution in [0.25, 0.3) is 0 Å². The number of aliphatic imine (C=N–C) groups is 1. The summed E-state index contributed by atoms with van der Waals surface area (Å²) in [5, 5.41) is 16.8. The van der Waals surface area contributed by atoms with Gasteiger partial charge in [0.25, 0.3) is 5.69 Å². The Labute approximate surface area is 155 Å². The topological polar surface area (TPSA) is 88.8 Å². The molecule has 27 heavy (non-hydrogen) atoms. The van der Waals surface area contributed by atoms with Gasteiger partial charge in [0.15, 0.2) is 5.96 Å². The van der Waals surface area contributed by atoms with Crippen LogP contribution in [0.1, 0.15) is 16.7 Å². The van der Waals surface area contributed by atoms with Gasteiger partial charge in [-0.25, -0.2) is 0 Å². The summed E-state index contributed by atoms with van der Waals surface area (Å²) >= 11 is 0. The molecule has 0 aliphatic heterocycles. The summed E-state index contributed by atoms with van der Waals surface area (Å²) in [6.45, 7) is -0.404. The molecule has 0 saturated heterocycles. The van der Waals surface area contributed by atoms with Crippen molar-refractivity contribution in [3.05, 3.63) is 69.3 Å². The third kappa shape index (κ3) is 6.21. The molecule has 2 aromatic carbocycles. The quantitative estimate of drug-likeness (QED) is 0.334. The number of nitro groups is 1. The van der Waals surface area contributed by atoms with Crippen molar-refractivity contribution in [2.75, 3.05) is 7.05 Å². The van der Waals surface area contributed by atoms with Crippen molar-refractivity contribution in [2.24, 2.45) is 4.99 Å². The molecule has 0 spiro atoms. The number of non-ortho nitro benzene ring substituents is 1. The van der Waals surface area contributed by atoms with Crippen molar-refractivity contribution >= 4 is 11.6 Å². The molecule has 0 unspecified atom stereocenters. The number of guanidine groups is 1. The van der Waals surface area contributed by atoms with Crippen LogP contribution in [0.15, 0.2) is 47.5 Å². The Balaban J connectivity index is 1.96. The van der Waals surface area contributed by atoms with Gasteiger partial charge in [-0.15, -0.1) is 0 Å². The van der Waals surface area contributed by atoms with Crippen LogP contribution in [0.2, 0.25) is 0 Å². The zero-order valence-corrected chi connectivity index (χ0v) is 14.9. The fourth-order valence-corrected chi connectivity index (χ4v) is 2.38. The van der Waals surface area contributed by atoms with Gasteiger partial charge < -0.3 is 15.4 Å². The van der Waals surface area contributed by atoms with Crippen LogP contribution in [0, 0.1) is 17.0 Å². The fourth-order valence-electron chi connectivity index (χ4n) is 2.38. The third-order valence-electron chi connectivity index (χ3n) is 3.71. The van der Waals surface area contributed by atoms with Crippen molar-refractivity contribution in [3.8, 4) is 5.75 Å². The van der Waals surface area contributed by atoms with Crippen molar-refractivity contribution in [3.63, 3.8) is 0 Å². The summed E-state index contributed by atoms with van der Waals surface area (Å²) in [6, 6.07) is 11.1. The number of rotatable bonds is 7. The summed E-state index contributed by atoms with van der Waals surface area (Å²) < 4.78 is 29.6. The highest BCUT2D eigenvalue weighted by atomic mass is 19.3. The summed E-state index contributed by atoms with van der Waals surface area (Å²) in [5.41, 5.74) is 2.35. The van der Waals surface area contributed by atoms with Crippen molar-refractivity contribution in [2.45, 2.75) is 26.6 Å². The minimum absolute atomic E-state index is 0.0206. The zero-order chi connectivity index (χ0) is 19.8. The second-order valence-electron chi connectivity index (χ2n) is 5.69. The monoisotopic (exact) mass is 378 g/mol. The predicted molar refractivity (Wildman–Crippen MR) is 97.9 cm³/mol. The maximum atomic E-state index is 12.5. The van der Waals surface area contributed by atoms with E-state index in [2.05, 4.69) is 20.4 Å². The molecule has 0 saturated carbocycles. The van der Waals surface area contributed by atoms with Crippen LogP contribution in [0.5, 0.6) is 5.75 Å². The average molecular weight is 378 g/mol. The van der Waals surface area contributed by atoms with Crippen LogP contribution in [0.4, 0.5) is 14.5 Å². The van der Waals surface area contributed by atoms with Gasteiger partial charge in [-0.05, 0) is 18.6 Å². The standard InChI is InChI=1S/C18H20F2N4O3/c1-12-3-8-16(27-17(19)20)14(9-12)11-23-18(21-2)22-10-13-4-6-15(7-5-13)24(25)26/h3-9,17H,10-11H2,1-2H3,(H2,21,22,23). The average Bonchev–Trinajstić information content (AvgIpc) is 2.64. The maximum Gasteiger partial charge on any atom is 0.387 e. The lowest BCUT2D eigenvalue weighted by Crippen LogP contribution is -2.36. The highest BCUT2D eigenvalue weighted by Crippen LogP contribution is 2.22. The van der Waals surface area contributed by atoms with Crippen molar-refractivity contribution < 1.29 is 18.4 Å². The lowest BCUT2D eigenvalue weighted by atomic mass is 10.1. The van der Waals surface area contributed by atoms with E-state index in [1.54, 1.807) is 31.3 Å². The van der Waals surface area contributed by atoms with Gasteiger partial charge in [-0.2, -0.15) is 8.78 Å². The van der Waals surface area contributed by atoms with Gasteiger partial charge in [0.05, 0.1) is 4.92 Å². The number of hydrogen-bond donors (Lipinski definition) is 2. The summed E-state index contributed by atoms with van der Waals surface area (Å²) in [4.78, 5) is 14.3. The molecule has 7 nitrogen and oxygen atoms in total. The van der Waals surface area contributed by atoms with Gasteiger partial charge in [0, 0.05) is 37.8 Å². The molecule has 0 atom stereocenters. The van der Waals surface area contributed by atoms with Gasteiger partial charge in [0.2, 0.25) is 0 Å². The molecule has 0 radical (unpaired) electrons. The van der Waals surface area contributed by atoms with E-state index >= 15 is 0 Å². The second kappa shape index (κ2) is 9.46. The van der Waals surface area contributed by atoms with E-state index in [0.717, 1.165) is 11.1 Å². The Morgan fingerprint density at radius 3 is 2.44 bits per heavy atom. The van der Waals surface area contributed by atoms with Crippen molar-refractivity contribution in [1.29, 1.82) is 0 Å². The maximum absolute atomic E-state index is 12.5. The molecular formula is C18H20F2N4O3. The summed E-state index contributed by atoms with van der Waals surface area (Å²) in [6.07, 6.45) is 0. The number of ether oxygens (including phenoxy) is 1. The van der Waals surface area contributed by atoms with Crippen LogP contribution in [-0.4, -0.2) is 24.5 Å². The van der Waals surface area contributed by atoms with Crippen LogP contribution >= 0.6 is 0 Å². The van der Waals surface area contributed by atoms with Gasteiger partial charge in [0.1, 0.15) is 5.75 Å². The molecular weight excluding hydrogens is 358 g/mol. The highest BCUT2D eigenvalue weighted by molar-refractivity contribution is 5.79. The lowest BCUT2D eigenvalue weighted by molar-refractivity contribution is -0.384. The molecule has 2 rings (SSSR count). The first-order valence-electron chi connectivity index (χ1n) is 8.11. The number of nitrogens with one attached hydrogen (secondary N) is 2. The molecule has 2 aromatic rings. The van der Waals surface area contributed by atoms with Crippen LogP contribution < -0.4 is 15.4 Å². The lowest BCUT2D eigenvalue weighted by Gasteiger charge is -2.15. The minimum Gasteiger partial charge on any atom is -0.434 e. The SMILES string of the molecule is CN=C(NCc1ccc([N+](=O)[O-])cc1)NCc1cc(C)ccc1OC(F)F. The molecule has 0 aliphatic carbocycles. The minimum atomic E-state index is -2.90. The molecule has 144 valence electrons. The molecule has 0 bridgehead atoms. The van der Waals surface area contributed by atoms with E-state index in [-0.39, 0.29) is 18.0 Å². The fraction of sp³-hybridized carbons (Fsp3) is 0.278. The summed E-state index contributed by atoms with van der Waals surface area (Å²) in [5.74, 6) is 0.562. The van der Waals surface area contributed by atoms with E-state index in [9.17, 15) is 18.9 Å². The first-order chi connectivity index (χ1) is 12.9. The molecule has 0 aromatic heterocycles. The van der Waals surface area contributed by atoms with E-state index in [1.165, 1.54) is 18.2 Å². The Morgan fingerprint density at radius 1 is 1.19 bits per heavy atom. The number of alkyl halides is 2. The second-order valence-corrected chi connectivity index (χ2v) is 5.69. The third-order valence-corrected chi connectivity index (χ3v) is 3.71. The van der Waals surface area contributed by atoms with Gasteiger partial charge in [-0.1, -0.05) is 29.8 Å². The van der Waals surface area contributed by atoms with E-state index < -0.39 is 11.5 Å². The number of benzene rings is 2. The van der Waals surface area contributed by atoms with Crippen molar-refractivity contribution in [1.82, 2.24) is 10.6 Å². The van der Waals surface area contributed by atoms with Gasteiger partial charge >= 0.3 is 6.61 Å². The zero-order valence-electron chi connectivity index (χ0n) is 14.9. The largest absolute Gasteiger partial charge is 0.434 e. The smallest absolute Gasteiger partial charge is 0.387 e. The van der Waals surface area contributed by atoms with Crippen LogP contribution in [0.3, 0.4) is 0 Å². The normalized spacial score (nSPS) is 11.4. The van der Waals surface area contributed by atoms with Crippen LogP contribution in [-0.2, 0) is 13.1 Å². The Bertz CT molecular complexity index is 811. The Kier molecular flexibility index (Phi) is 7.04. The first kappa shape index (κ1) is 20.1. The first-order valence-corrected chi connectivity index (χ1v) is 8.11. The number of aryl methyl sites for hydroxylation is 1. The number of nitrogens with zero attached hydrogens (tertiary/aromatic N) is 2. The molecule has 0 heterocycles. The van der Waals surface area contributed by atoms with Gasteiger partial charge in [-0.3, -0.25) is 15.1 Å². The highest BCUT2D eigenvalue weighted by Gasteiger charge is 2.11. The Morgan fingerprint density at radius 2 is 1.85 bits per heavy atom. The number of nitro benzene ring substituents is 1. The van der Waals surface area contributed by atoms with E-state index in [4.69, 9.17) is 0 Å². The predicted octanol–water partition coefficient (Wildman–Crippen LogP) is 3.37. The Hall–Kier alpha value is -3.23. The number of hydrogen-bond acceptors (Lipinski definition) is 4. The van der Waals surface area contributed by atoms with E-state index in [1.807, 2.05) is 6.92 Å². The molecule has 0 amide bonds. The molecule has 9 heteroatoms. The molecule has 0 fully saturated rings. The summed E-state index contributed by atoms with van der Waals surface area (Å²) in [7, 11) is 1.58. The number of halogens is 2. The molecule has 0 aliphatic rings. The molecule has 2 N–H and O–H groups in total. The van der Waals surface area contributed by atoms with E-state index in [0.29, 0.717) is 18.1 Å².